The van der Waals surface area contributed by atoms with Crippen LogP contribution in [0.3, 0.4) is 0 Å². The molecular formula is C69H76F2N4O17S2. The van der Waals surface area contributed by atoms with Gasteiger partial charge in [0.05, 0.1) is 113 Å². The van der Waals surface area contributed by atoms with E-state index in [2.05, 4.69) is 10.6 Å². The van der Waals surface area contributed by atoms with Gasteiger partial charge in [0.2, 0.25) is 20.0 Å². The number of hydrogen-bond acceptors (Lipinski definition) is 17. The minimum Gasteiger partial charge on any atom is -0.491 e. The molecule has 0 saturated heterocycles. The van der Waals surface area contributed by atoms with Crippen LogP contribution in [0, 0.1) is 11.6 Å². The van der Waals surface area contributed by atoms with Crippen molar-refractivity contribution in [3.8, 4) is 34.1 Å². The number of hydrogen-bond donors (Lipinski definition) is 2. The van der Waals surface area contributed by atoms with Gasteiger partial charge in [-0.15, -0.1) is 0 Å². The number of nitrogens with zero attached hydrogens (tertiary/aromatic N) is 2. The fourth-order valence-electron chi connectivity index (χ4n) is 10.5. The first-order valence-electron chi connectivity index (χ1n) is 30.7. The third kappa shape index (κ3) is 18.1. The average Bonchev–Trinajstić information content (AvgIpc) is 1.58. The van der Waals surface area contributed by atoms with E-state index in [0.29, 0.717) is 111 Å². The molecule has 21 nitrogen and oxygen atoms in total. The Balaban J connectivity index is 0.000000222. The minimum absolute atomic E-state index is 0.0373. The number of carbonyl (C=O) groups excluding carboxylic acids is 4. The van der Waals surface area contributed by atoms with Crippen LogP contribution in [0.4, 0.5) is 20.2 Å². The van der Waals surface area contributed by atoms with Gasteiger partial charge in [-0.25, -0.2) is 30.4 Å². The van der Waals surface area contributed by atoms with Crippen LogP contribution in [-0.4, -0.2) is 153 Å². The van der Waals surface area contributed by atoms with Crippen molar-refractivity contribution in [3.63, 3.8) is 0 Å². The van der Waals surface area contributed by atoms with Crippen molar-refractivity contribution in [1.82, 2.24) is 10.6 Å². The van der Waals surface area contributed by atoms with Gasteiger partial charge in [0.15, 0.2) is 5.78 Å². The van der Waals surface area contributed by atoms with E-state index in [-0.39, 0.29) is 99.7 Å². The lowest BCUT2D eigenvalue weighted by Gasteiger charge is -2.25. The van der Waals surface area contributed by atoms with Crippen molar-refractivity contribution in [2.45, 2.75) is 51.4 Å². The maximum Gasteiger partial charge on any atom is 0.338 e. The lowest BCUT2D eigenvalue weighted by atomic mass is 10.0. The maximum absolute atomic E-state index is 13.7. The number of carbonyl (C=O) groups is 4. The summed E-state index contributed by atoms with van der Waals surface area (Å²) in [6.07, 6.45) is 5.87. The number of amides is 2. The van der Waals surface area contributed by atoms with Crippen LogP contribution in [0.5, 0.6) is 11.5 Å². The molecule has 25 heteroatoms. The molecule has 2 heterocycles. The number of rotatable bonds is 33. The molecule has 0 spiro atoms. The monoisotopic (exact) mass is 1330 g/mol. The van der Waals surface area contributed by atoms with E-state index in [4.69, 9.17) is 42.0 Å². The molecule has 6 aromatic carbocycles. The first-order valence-corrected chi connectivity index (χ1v) is 34.4. The Hall–Kier alpha value is -8.72. The van der Waals surface area contributed by atoms with Gasteiger partial charge in [-0.3, -0.25) is 23.0 Å². The number of esters is 1. The highest BCUT2D eigenvalue weighted by molar-refractivity contribution is 7.92. The van der Waals surface area contributed by atoms with Crippen LogP contribution < -0.4 is 28.7 Å². The number of ketones is 1. The van der Waals surface area contributed by atoms with E-state index in [1.807, 2.05) is 12.1 Å². The molecule has 0 atom stereocenters. The number of halogens is 2. The fraction of sp³-hybridized carbons (Fsp3) is 0.362. The Kier molecular flexibility index (Phi) is 23.7. The third-order valence-electron chi connectivity index (χ3n) is 15.4. The van der Waals surface area contributed by atoms with Gasteiger partial charge in [-0.05, 0) is 160 Å². The smallest absolute Gasteiger partial charge is 0.338 e. The van der Waals surface area contributed by atoms with E-state index < -0.39 is 31.7 Å². The molecule has 2 fully saturated rings. The summed E-state index contributed by atoms with van der Waals surface area (Å²) < 4.78 is 133. The van der Waals surface area contributed by atoms with Crippen LogP contribution in [-0.2, 0) is 43.7 Å². The zero-order valence-corrected chi connectivity index (χ0v) is 54.8. The molecule has 0 bridgehead atoms. The molecule has 0 aliphatic heterocycles. The SMILES string of the molecule is CCOC(=O)c1ccc(OCCOCCOCCN(c2cc3oc(-c4ccc(F)cc4)c(C(=O)NC)c3cc2C2CC2)S(C)(=O)=O)cc1.CNC(=O)c1c(-c2ccc(F)cc2)oc2cc(N(CCOCCOCCOc3cccc(C(C)=O)c3)S(C)(=O)=O)c(C3CC3)cc12. The van der Waals surface area contributed by atoms with E-state index in [0.717, 1.165) is 49.3 Å². The van der Waals surface area contributed by atoms with Gasteiger partial charge in [0, 0.05) is 53.7 Å². The average molecular weight is 1340 g/mol. The van der Waals surface area contributed by atoms with Crippen LogP contribution >= 0.6 is 0 Å². The molecule has 10 rings (SSSR count). The molecule has 2 saturated carbocycles. The zero-order chi connectivity index (χ0) is 67.1. The van der Waals surface area contributed by atoms with E-state index >= 15 is 0 Å². The van der Waals surface area contributed by atoms with Gasteiger partial charge < -0.3 is 52.6 Å². The van der Waals surface area contributed by atoms with Gasteiger partial charge in [0.1, 0.15) is 59.0 Å². The second-order valence-electron chi connectivity index (χ2n) is 22.3. The largest absolute Gasteiger partial charge is 0.491 e. The topological polar surface area (TPSA) is 258 Å². The quantitative estimate of drug-likeness (QED) is 0.0220. The Morgan fingerprint density at radius 3 is 1.33 bits per heavy atom. The Morgan fingerprint density at radius 1 is 0.521 bits per heavy atom. The number of sulfonamides is 2. The number of nitrogens with one attached hydrogen (secondary N) is 2. The van der Waals surface area contributed by atoms with E-state index in [1.54, 1.807) is 67.6 Å². The van der Waals surface area contributed by atoms with Gasteiger partial charge >= 0.3 is 5.97 Å². The summed E-state index contributed by atoms with van der Waals surface area (Å²) in [5.41, 5.74) is 5.94. The molecule has 0 radical (unpaired) electrons. The lowest BCUT2D eigenvalue weighted by Crippen LogP contribution is -2.34. The standard InChI is InChI=1S/C35H39FN2O9S.C34H37FN2O8S/c1-4-45-35(40)25-9-13-27(14-10-25)46-20-19-44-18-17-43-16-15-38(48(3,41)42)30-22-31-29(21-28(30)23-5-6-23)32(34(39)37-2)33(47-31)24-7-11-26(36)12-8-24;1-22(38)25-5-4-6-27(19-25)44-18-17-43-16-15-42-14-13-37(46(3,40)41)30-21-31-29(20-28(30)23-7-8-23)32(34(39)36-2)33(45-31)24-9-11-26(35)12-10-24/h7-14,21-23H,4-6,15-20H2,1-3H3,(H,37,39);4-6,9-12,19-21,23H,7-8,13-18H2,1-3H3,(H,36,39). The van der Waals surface area contributed by atoms with Crippen LogP contribution in [0.15, 0.2) is 130 Å². The van der Waals surface area contributed by atoms with Gasteiger partial charge in [0.25, 0.3) is 11.8 Å². The zero-order valence-electron chi connectivity index (χ0n) is 53.1. The molecule has 2 N–H and O–H groups in total. The Labute approximate surface area is 544 Å². The summed E-state index contributed by atoms with van der Waals surface area (Å²) in [6, 6.07) is 31.9. The van der Waals surface area contributed by atoms with Crippen molar-refractivity contribution >= 4 is 76.9 Å². The first kappa shape index (κ1) is 69.6. The molecular weight excluding hydrogens is 1260 g/mol. The number of fused-ring (bicyclic) bond motifs is 2. The van der Waals surface area contributed by atoms with Gasteiger partial charge in [-0.2, -0.15) is 0 Å². The number of benzene rings is 6. The molecule has 94 heavy (non-hydrogen) atoms. The van der Waals surface area contributed by atoms with Crippen molar-refractivity contribution in [2.24, 2.45) is 0 Å². The van der Waals surface area contributed by atoms with Crippen molar-refractivity contribution in [3.05, 3.63) is 166 Å². The molecule has 2 aliphatic carbocycles. The fourth-order valence-corrected chi connectivity index (χ4v) is 12.3. The summed E-state index contributed by atoms with van der Waals surface area (Å²) in [7, 11) is -4.39. The molecule has 500 valence electrons. The molecule has 8 aromatic rings. The summed E-state index contributed by atoms with van der Waals surface area (Å²) in [5.74, 6) is 0.0266. The van der Waals surface area contributed by atoms with E-state index in [9.17, 15) is 44.8 Å². The number of anilines is 2. The minimum atomic E-state index is -3.72. The predicted octanol–water partition coefficient (Wildman–Crippen LogP) is 11.1. The molecule has 2 amide bonds. The van der Waals surface area contributed by atoms with Crippen molar-refractivity contribution in [2.75, 3.05) is 121 Å². The predicted molar refractivity (Wildman–Crippen MR) is 351 cm³/mol. The number of Topliss-reactive ketones (excluding diaryl/α,β-unsaturated/α-hetero) is 1. The highest BCUT2D eigenvalue weighted by atomic mass is 32.2. The van der Waals surface area contributed by atoms with E-state index in [1.165, 1.54) is 78.2 Å². The molecule has 0 unspecified atom stereocenters. The van der Waals surface area contributed by atoms with Crippen LogP contribution in [0.2, 0.25) is 0 Å². The summed E-state index contributed by atoms with van der Waals surface area (Å²) in [5, 5.41) is 6.42. The summed E-state index contributed by atoms with van der Waals surface area (Å²) in [4.78, 5) is 49.3. The highest BCUT2D eigenvalue weighted by Gasteiger charge is 2.35. The Bertz CT molecular complexity index is 4190. The van der Waals surface area contributed by atoms with Crippen LogP contribution in [0.25, 0.3) is 44.6 Å². The maximum atomic E-state index is 13.7. The molecule has 2 aromatic heterocycles. The second kappa shape index (κ2) is 31.9. The normalized spacial score (nSPS) is 13.1. The second-order valence-corrected chi connectivity index (χ2v) is 26.1. The summed E-state index contributed by atoms with van der Waals surface area (Å²) >= 11 is 0. The molecule has 2 aliphatic rings. The lowest BCUT2D eigenvalue weighted by molar-refractivity contribution is 0.0389. The highest BCUT2D eigenvalue weighted by Crippen LogP contribution is 2.50. The first-order chi connectivity index (χ1) is 45.2. The van der Waals surface area contributed by atoms with Crippen molar-refractivity contribution in [1.29, 1.82) is 0 Å². The summed E-state index contributed by atoms with van der Waals surface area (Å²) in [6.45, 7) is 6.19. The Morgan fingerprint density at radius 2 is 0.936 bits per heavy atom. The number of ether oxygens (including phenoxy) is 7. The van der Waals surface area contributed by atoms with Crippen LogP contribution in [0.1, 0.15) is 104 Å². The van der Waals surface area contributed by atoms with Gasteiger partial charge in [-0.1, -0.05) is 12.1 Å². The number of furan rings is 2. The van der Waals surface area contributed by atoms with Crippen molar-refractivity contribution < 1.29 is 86.8 Å². The third-order valence-corrected chi connectivity index (χ3v) is 17.7.